The van der Waals surface area contributed by atoms with E-state index in [0.717, 1.165) is 4.90 Å². The van der Waals surface area contributed by atoms with E-state index in [9.17, 15) is 24.3 Å². The van der Waals surface area contributed by atoms with Gasteiger partial charge in [0.15, 0.2) is 21.2 Å². The highest BCUT2D eigenvalue weighted by Crippen LogP contribution is 2.65. The number of carbonyl (C=O) groups is 4. The largest absolute Gasteiger partial charge is 0.503 e. The van der Waals surface area contributed by atoms with Gasteiger partial charge in [0.25, 0.3) is 11.8 Å². The zero-order valence-electron chi connectivity index (χ0n) is 17.5. The third-order valence-corrected chi connectivity index (χ3v) is 9.16. The molecule has 2 heterocycles. The van der Waals surface area contributed by atoms with Crippen molar-refractivity contribution in [3.63, 3.8) is 0 Å². The number of phenolic OH excluding ortho intramolecular Hbond substituents is 1. The van der Waals surface area contributed by atoms with Crippen molar-refractivity contribution in [1.29, 1.82) is 0 Å². The van der Waals surface area contributed by atoms with Crippen LogP contribution < -0.4 is 10.1 Å². The van der Waals surface area contributed by atoms with Crippen molar-refractivity contribution >= 4 is 58.4 Å². The quantitative estimate of drug-likeness (QED) is 0.357. The van der Waals surface area contributed by atoms with Crippen LogP contribution in [0.5, 0.6) is 11.5 Å². The van der Waals surface area contributed by atoms with Crippen molar-refractivity contribution in [2.45, 2.75) is 28.5 Å². The van der Waals surface area contributed by atoms with Crippen LogP contribution in [0.15, 0.2) is 23.8 Å². The molecule has 0 aromatic heterocycles. The molecule has 2 N–H and O–H groups in total. The van der Waals surface area contributed by atoms with Crippen molar-refractivity contribution in [2.75, 3.05) is 14.2 Å². The number of rotatable bonds is 2. The molecule has 2 aliphatic heterocycles. The van der Waals surface area contributed by atoms with E-state index in [1.807, 2.05) is 0 Å². The Bertz CT molecular complexity index is 1180. The highest BCUT2D eigenvalue weighted by molar-refractivity contribution is 6.53. The maximum Gasteiger partial charge on any atom is 0.253 e. The number of carbonyl (C=O) groups excluding carboxylic acids is 4. The normalized spacial score (nSPS) is 37.4. The summed E-state index contributed by atoms with van der Waals surface area (Å²) in [5.74, 6) is -5.29. The fourth-order valence-electron chi connectivity index (χ4n) is 5.94. The number of fused-ring (bicyclic) bond motifs is 4. The van der Waals surface area contributed by atoms with Crippen LogP contribution in [0.25, 0.3) is 0 Å². The van der Waals surface area contributed by atoms with Gasteiger partial charge in [0.1, 0.15) is 0 Å². The summed E-state index contributed by atoms with van der Waals surface area (Å²) in [6, 6.07) is 2.93. The maximum absolute atomic E-state index is 13.4. The van der Waals surface area contributed by atoms with Crippen molar-refractivity contribution in [3.8, 4) is 11.5 Å². The summed E-state index contributed by atoms with van der Waals surface area (Å²) in [6.07, 6.45) is 1.99. The summed E-state index contributed by atoms with van der Waals surface area (Å²) in [5, 5.41) is 12.6. The first-order valence-corrected chi connectivity index (χ1v) is 11.4. The molecular formula is C22H19Cl3N2O6. The summed E-state index contributed by atoms with van der Waals surface area (Å²) >= 11 is 20.3. The molecule has 1 aromatic rings. The van der Waals surface area contributed by atoms with Gasteiger partial charge < -0.3 is 9.84 Å². The van der Waals surface area contributed by atoms with Crippen LogP contribution in [0.1, 0.15) is 24.3 Å². The Morgan fingerprint density at radius 1 is 1.12 bits per heavy atom. The van der Waals surface area contributed by atoms with Crippen molar-refractivity contribution in [1.82, 2.24) is 10.2 Å². The first kappa shape index (κ1) is 22.5. The first-order valence-electron chi connectivity index (χ1n) is 10.3. The summed E-state index contributed by atoms with van der Waals surface area (Å²) < 4.78 is 5.23. The fraction of sp³-hybridized carbons (Fsp3) is 0.455. The average Bonchev–Trinajstić information content (AvgIpc) is 3.13. The minimum Gasteiger partial charge on any atom is -0.503 e. The number of alkyl halides is 2. The molecule has 4 amide bonds. The third kappa shape index (κ3) is 2.65. The standard InChI is InChI=1S/C22H19Cl3N2O6/c1-27-19(31)21(24)7-11-9(3-4-10-14(11)18(30)26-17(10)29)15(22(21,25)20(27)32)8-5-12(23)16(28)13(6-8)33-2/h3,5-6,10-11,14-15,28H,4,7H2,1-2H3,(H,26,29,30). The number of nitrogens with one attached hydrogen (secondary N) is 1. The zero-order valence-corrected chi connectivity index (χ0v) is 19.8. The summed E-state index contributed by atoms with van der Waals surface area (Å²) in [7, 11) is 2.66. The number of ether oxygens (including phenoxy) is 1. The van der Waals surface area contributed by atoms with E-state index in [2.05, 4.69) is 5.32 Å². The number of allylic oxidation sites excluding steroid dienone is 2. The van der Waals surface area contributed by atoms with E-state index in [1.54, 1.807) is 6.08 Å². The molecule has 4 aliphatic rings. The Morgan fingerprint density at radius 2 is 1.82 bits per heavy atom. The number of hydrogen-bond acceptors (Lipinski definition) is 6. The Morgan fingerprint density at radius 3 is 2.48 bits per heavy atom. The van der Waals surface area contributed by atoms with E-state index in [0.29, 0.717) is 11.1 Å². The van der Waals surface area contributed by atoms with Crippen LogP contribution in [-0.4, -0.2) is 57.5 Å². The molecule has 8 nitrogen and oxygen atoms in total. The average molecular weight is 514 g/mol. The van der Waals surface area contributed by atoms with Crippen molar-refractivity contribution in [3.05, 3.63) is 34.4 Å². The molecule has 0 spiro atoms. The molecule has 33 heavy (non-hydrogen) atoms. The number of imide groups is 2. The molecule has 6 unspecified atom stereocenters. The first-order chi connectivity index (χ1) is 15.5. The molecule has 3 fully saturated rings. The van der Waals surface area contributed by atoms with E-state index in [1.165, 1.54) is 26.3 Å². The number of benzene rings is 1. The lowest BCUT2D eigenvalue weighted by Crippen LogP contribution is -2.60. The van der Waals surface area contributed by atoms with Gasteiger partial charge in [-0.3, -0.25) is 29.4 Å². The minimum atomic E-state index is -1.92. The van der Waals surface area contributed by atoms with Gasteiger partial charge in [0, 0.05) is 13.0 Å². The number of aromatic hydroxyl groups is 1. The molecule has 0 radical (unpaired) electrons. The van der Waals surface area contributed by atoms with Gasteiger partial charge in [-0.25, -0.2) is 0 Å². The van der Waals surface area contributed by atoms with Crippen LogP contribution >= 0.6 is 34.8 Å². The van der Waals surface area contributed by atoms with Crippen molar-refractivity contribution in [2.24, 2.45) is 17.8 Å². The second-order valence-corrected chi connectivity index (χ2v) is 10.6. The number of phenols is 1. The number of methoxy groups -OCH3 is 1. The summed E-state index contributed by atoms with van der Waals surface area (Å²) in [6.45, 7) is 0. The van der Waals surface area contributed by atoms with Crippen LogP contribution in [0.3, 0.4) is 0 Å². The number of amides is 4. The van der Waals surface area contributed by atoms with E-state index in [4.69, 9.17) is 39.5 Å². The lowest BCUT2D eigenvalue weighted by molar-refractivity contribution is -0.138. The molecule has 1 saturated carbocycles. The van der Waals surface area contributed by atoms with E-state index < -0.39 is 51.1 Å². The Labute approximate surface area is 203 Å². The molecule has 174 valence electrons. The lowest BCUT2D eigenvalue weighted by Gasteiger charge is -2.50. The molecule has 1 aromatic carbocycles. The highest BCUT2D eigenvalue weighted by atomic mass is 35.5. The third-order valence-electron chi connectivity index (χ3n) is 7.46. The van der Waals surface area contributed by atoms with Crippen LogP contribution in [-0.2, 0) is 19.2 Å². The molecular weight excluding hydrogens is 495 g/mol. The molecule has 11 heteroatoms. The molecule has 6 atom stereocenters. The van der Waals surface area contributed by atoms with Gasteiger partial charge in [-0.15, -0.1) is 23.2 Å². The van der Waals surface area contributed by atoms with Gasteiger partial charge >= 0.3 is 0 Å². The van der Waals surface area contributed by atoms with Crippen LogP contribution in [0.2, 0.25) is 5.02 Å². The van der Waals surface area contributed by atoms with Gasteiger partial charge in [0.05, 0.1) is 24.0 Å². The smallest absolute Gasteiger partial charge is 0.253 e. The predicted molar refractivity (Wildman–Crippen MR) is 118 cm³/mol. The SMILES string of the molecule is COc1cc(C2C3=CCC4C(=O)NC(=O)C4C3CC3(Cl)C(=O)N(C)C(=O)C23Cl)cc(Cl)c1O. The Balaban J connectivity index is 1.78. The monoisotopic (exact) mass is 512 g/mol. The summed E-state index contributed by atoms with van der Waals surface area (Å²) in [5.41, 5.74) is 1.03. The number of hydrogen-bond donors (Lipinski definition) is 2. The van der Waals surface area contributed by atoms with E-state index >= 15 is 0 Å². The Kier molecular flexibility index (Phi) is 4.84. The van der Waals surface area contributed by atoms with Crippen LogP contribution in [0, 0.1) is 17.8 Å². The second-order valence-electron chi connectivity index (χ2n) is 8.91. The van der Waals surface area contributed by atoms with Crippen molar-refractivity contribution < 1.29 is 29.0 Å². The fourth-order valence-corrected chi connectivity index (χ4v) is 7.18. The molecule has 2 aliphatic carbocycles. The Hall–Kier alpha value is -2.29. The van der Waals surface area contributed by atoms with Gasteiger partial charge in [0.2, 0.25) is 11.8 Å². The highest BCUT2D eigenvalue weighted by Gasteiger charge is 2.75. The molecule has 2 saturated heterocycles. The van der Waals surface area contributed by atoms with Gasteiger partial charge in [-0.05, 0) is 36.5 Å². The maximum atomic E-state index is 13.4. The predicted octanol–water partition coefficient (Wildman–Crippen LogP) is 2.33. The minimum absolute atomic E-state index is 0.0416. The van der Waals surface area contributed by atoms with Gasteiger partial charge in [-0.1, -0.05) is 23.3 Å². The molecule has 5 rings (SSSR count). The number of likely N-dealkylation sites (tertiary alicyclic amines) is 1. The lowest BCUT2D eigenvalue weighted by atomic mass is 9.56. The topological polar surface area (TPSA) is 113 Å². The van der Waals surface area contributed by atoms with Crippen LogP contribution in [0.4, 0.5) is 0 Å². The zero-order chi connectivity index (χ0) is 24.0. The summed E-state index contributed by atoms with van der Waals surface area (Å²) in [4.78, 5) is 48.8. The number of halogens is 3. The molecule has 0 bridgehead atoms. The van der Waals surface area contributed by atoms with E-state index in [-0.39, 0.29) is 35.3 Å². The van der Waals surface area contributed by atoms with Gasteiger partial charge in [-0.2, -0.15) is 0 Å². The second kappa shape index (κ2) is 7.10. The number of nitrogens with zero attached hydrogens (tertiary/aromatic N) is 1.